The first kappa shape index (κ1) is 23.1. The lowest BCUT2D eigenvalue weighted by Crippen LogP contribution is -2.43. The zero-order chi connectivity index (χ0) is 22.7. The SMILES string of the molecule is CC[C@@H](C)NC(=O)C(=O)Nn1c(C(=O)Nc2cc(Cl)cc(Cl)c2)cc2cc(Br)ccc21. The molecule has 3 amide bonds. The van der Waals surface area contributed by atoms with Crippen LogP contribution in [0.1, 0.15) is 30.8 Å². The lowest BCUT2D eigenvalue weighted by atomic mass is 10.2. The molecule has 0 spiro atoms. The van der Waals surface area contributed by atoms with Crippen molar-refractivity contribution in [3.63, 3.8) is 0 Å². The molecular formula is C21H19BrCl2N4O3. The zero-order valence-corrected chi connectivity index (χ0v) is 19.7. The summed E-state index contributed by atoms with van der Waals surface area (Å²) in [5.41, 5.74) is 3.56. The van der Waals surface area contributed by atoms with E-state index in [0.29, 0.717) is 33.1 Å². The minimum atomic E-state index is -0.888. The Morgan fingerprint density at radius 3 is 2.35 bits per heavy atom. The molecule has 0 saturated carbocycles. The third-order valence-electron chi connectivity index (χ3n) is 4.53. The number of aromatic nitrogens is 1. The summed E-state index contributed by atoms with van der Waals surface area (Å²) in [4.78, 5) is 37.7. The van der Waals surface area contributed by atoms with Crippen molar-refractivity contribution in [2.75, 3.05) is 10.7 Å². The standard InChI is InChI=1S/C21H19BrCl2N4O3/c1-3-11(2)25-20(30)21(31)27-28-17-5-4-13(22)6-12(17)7-18(28)19(29)26-16-9-14(23)8-15(24)10-16/h4-11H,3H2,1-2H3,(H,25,30)(H,26,29)(H,27,31)/t11-/m1/s1. The molecule has 0 fully saturated rings. The van der Waals surface area contributed by atoms with Crippen molar-refractivity contribution in [1.29, 1.82) is 0 Å². The van der Waals surface area contributed by atoms with E-state index in [2.05, 4.69) is 32.0 Å². The zero-order valence-electron chi connectivity index (χ0n) is 16.6. The molecule has 3 aromatic rings. The average Bonchev–Trinajstić information content (AvgIpc) is 3.04. The van der Waals surface area contributed by atoms with Gasteiger partial charge in [-0.05, 0) is 55.8 Å². The van der Waals surface area contributed by atoms with Crippen molar-refractivity contribution in [2.24, 2.45) is 0 Å². The molecule has 10 heteroatoms. The maximum Gasteiger partial charge on any atom is 0.328 e. The fourth-order valence-corrected chi connectivity index (χ4v) is 3.74. The van der Waals surface area contributed by atoms with Crippen LogP contribution in [0.25, 0.3) is 10.9 Å². The van der Waals surface area contributed by atoms with Gasteiger partial charge in [0.2, 0.25) is 0 Å². The van der Waals surface area contributed by atoms with Gasteiger partial charge in [-0.2, -0.15) is 0 Å². The molecule has 1 atom stereocenters. The second-order valence-corrected chi connectivity index (χ2v) is 8.69. The molecule has 162 valence electrons. The number of hydrogen-bond donors (Lipinski definition) is 3. The number of nitrogens with zero attached hydrogens (tertiary/aromatic N) is 1. The Kier molecular flexibility index (Phi) is 7.25. The van der Waals surface area contributed by atoms with E-state index in [1.165, 1.54) is 4.68 Å². The molecule has 31 heavy (non-hydrogen) atoms. The number of fused-ring (bicyclic) bond motifs is 1. The highest BCUT2D eigenvalue weighted by atomic mass is 79.9. The Hall–Kier alpha value is -2.55. The van der Waals surface area contributed by atoms with Gasteiger partial charge in [0.25, 0.3) is 5.91 Å². The van der Waals surface area contributed by atoms with Crippen LogP contribution < -0.4 is 16.1 Å². The third-order valence-corrected chi connectivity index (χ3v) is 5.46. The number of nitrogens with one attached hydrogen (secondary N) is 3. The van der Waals surface area contributed by atoms with Gasteiger partial charge in [0.1, 0.15) is 5.69 Å². The summed E-state index contributed by atoms with van der Waals surface area (Å²) in [7, 11) is 0. The van der Waals surface area contributed by atoms with Gasteiger partial charge in [-0.3, -0.25) is 19.8 Å². The van der Waals surface area contributed by atoms with E-state index in [-0.39, 0.29) is 11.7 Å². The minimum absolute atomic E-state index is 0.119. The van der Waals surface area contributed by atoms with E-state index in [0.717, 1.165) is 4.47 Å². The summed E-state index contributed by atoms with van der Waals surface area (Å²) in [6, 6.07) is 11.4. The molecule has 2 aromatic carbocycles. The molecule has 0 aliphatic heterocycles. The van der Waals surface area contributed by atoms with Crippen LogP contribution in [0.15, 0.2) is 46.9 Å². The third kappa shape index (κ3) is 5.58. The van der Waals surface area contributed by atoms with E-state index in [1.54, 1.807) is 49.4 Å². The van der Waals surface area contributed by atoms with Crippen LogP contribution >= 0.6 is 39.1 Å². The summed E-state index contributed by atoms with van der Waals surface area (Å²) in [5.74, 6) is -2.20. The monoisotopic (exact) mass is 524 g/mol. The number of benzene rings is 2. The molecule has 0 aliphatic carbocycles. The molecule has 0 radical (unpaired) electrons. The summed E-state index contributed by atoms with van der Waals surface area (Å²) in [6.45, 7) is 3.69. The second-order valence-electron chi connectivity index (χ2n) is 6.90. The number of hydrogen-bond acceptors (Lipinski definition) is 3. The van der Waals surface area contributed by atoms with Crippen LogP contribution in [-0.4, -0.2) is 28.4 Å². The number of anilines is 1. The Bertz CT molecular complexity index is 1160. The molecule has 0 saturated heterocycles. The topological polar surface area (TPSA) is 92.2 Å². The molecule has 0 aliphatic rings. The second kappa shape index (κ2) is 9.72. The Labute approximate surface area is 197 Å². The highest BCUT2D eigenvalue weighted by Crippen LogP contribution is 2.26. The molecule has 3 N–H and O–H groups in total. The van der Waals surface area contributed by atoms with E-state index in [1.807, 2.05) is 6.92 Å². The quantitative estimate of drug-likeness (QED) is 0.411. The van der Waals surface area contributed by atoms with E-state index < -0.39 is 17.7 Å². The fraction of sp³-hybridized carbons (Fsp3) is 0.190. The first-order valence-corrected chi connectivity index (χ1v) is 10.9. The van der Waals surface area contributed by atoms with Crippen LogP contribution in [0.4, 0.5) is 5.69 Å². The average molecular weight is 526 g/mol. The molecule has 1 aromatic heterocycles. The van der Waals surface area contributed by atoms with E-state index in [4.69, 9.17) is 23.2 Å². The van der Waals surface area contributed by atoms with Crippen LogP contribution in [0.3, 0.4) is 0 Å². The van der Waals surface area contributed by atoms with Crippen molar-refractivity contribution in [3.8, 4) is 0 Å². The van der Waals surface area contributed by atoms with Crippen molar-refractivity contribution < 1.29 is 14.4 Å². The summed E-state index contributed by atoms with van der Waals surface area (Å²) < 4.78 is 2.08. The highest BCUT2D eigenvalue weighted by molar-refractivity contribution is 9.10. The van der Waals surface area contributed by atoms with Gasteiger partial charge in [0.15, 0.2) is 0 Å². The van der Waals surface area contributed by atoms with Gasteiger partial charge in [0, 0.05) is 31.6 Å². The number of carbonyl (C=O) groups is 3. The fourth-order valence-electron chi connectivity index (χ4n) is 2.84. The normalized spacial score (nSPS) is 11.8. The molecule has 7 nitrogen and oxygen atoms in total. The van der Waals surface area contributed by atoms with E-state index >= 15 is 0 Å². The first-order chi connectivity index (χ1) is 14.7. The Balaban J connectivity index is 1.95. The largest absolute Gasteiger partial charge is 0.345 e. The van der Waals surface area contributed by atoms with Gasteiger partial charge >= 0.3 is 11.8 Å². The predicted octanol–water partition coefficient (Wildman–Crippen LogP) is 4.95. The minimum Gasteiger partial charge on any atom is -0.345 e. The number of carbonyl (C=O) groups excluding carboxylic acids is 3. The summed E-state index contributed by atoms with van der Waals surface area (Å²) in [6.07, 6.45) is 0.676. The highest BCUT2D eigenvalue weighted by Gasteiger charge is 2.22. The van der Waals surface area contributed by atoms with Crippen LogP contribution in [0.5, 0.6) is 0 Å². The maximum absolute atomic E-state index is 13.0. The van der Waals surface area contributed by atoms with Gasteiger partial charge in [0.05, 0.1) is 5.52 Å². The van der Waals surface area contributed by atoms with Gasteiger partial charge < -0.3 is 10.6 Å². The van der Waals surface area contributed by atoms with Gasteiger partial charge in [-0.25, -0.2) is 4.68 Å². The molecule has 0 bridgehead atoms. The number of rotatable bonds is 5. The maximum atomic E-state index is 13.0. The van der Waals surface area contributed by atoms with Crippen LogP contribution in [0, 0.1) is 0 Å². The van der Waals surface area contributed by atoms with Gasteiger partial charge in [-0.1, -0.05) is 46.1 Å². The van der Waals surface area contributed by atoms with Gasteiger partial charge in [-0.15, -0.1) is 0 Å². The number of amides is 3. The smallest absolute Gasteiger partial charge is 0.328 e. The lowest BCUT2D eigenvalue weighted by molar-refractivity contribution is -0.137. The summed E-state index contributed by atoms with van der Waals surface area (Å²) >= 11 is 15.4. The number of halogens is 3. The molecule has 1 heterocycles. The van der Waals surface area contributed by atoms with Crippen molar-refractivity contribution in [1.82, 2.24) is 9.99 Å². The molecule has 0 unspecified atom stereocenters. The Morgan fingerprint density at radius 1 is 1.03 bits per heavy atom. The lowest BCUT2D eigenvalue weighted by Gasteiger charge is -2.14. The Morgan fingerprint density at radius 2 is 1.71 bits per heavy atom. The first-order valence-electron chi connectivity index (χ1n) is 9.38. The molecule has 3 rings (SSSR count). The molecular weight excluding hydrogens is 507 g/mol. The van der Waals surface area contributed by atoms with Crippen LogP contribution in [0.2, 0.25) is 10.0 Å². The van der Waals surface area contributed by atoms with E-state index in [9.17, 15) is 14.4 Å². The van der Waals surface area contributed by atoms with Crippen molar-refractivity contribution in [2.45, 2.75) is 26.3 Å². The van der Waals surface area contributed by atoms with Crippen LogP contribution in [-0.2, 0) is 9.59 Å². The predicted molar refractivity (Wildman–Crippen MR) is 126 cm³/mol. The summed E-state index contributed by atoms with van der Waals surface area (Å²) in [5, 5.41) is 6.72. The van der Waals surface area contributed by atoms with Crippen molar-refractivity contribution in [3.05, 3.63) is 62.7 Å². The van der Waals surface area contributed by atoms with Crippen molar-refractivity contribution >= 4 is 73.4 Å².